The van der Waals surface area contributed by atoms with Crippen LogP contribution in [-0.2, 0) is 13.0 Å². The highest BCUT2D eigenvalue weighted by Crippen LogP contribution is 2.39. The third-order valence-corrected chi connectivity index (χ3v) is 4.66. The average Bonchev–Trinajstić information content (AvgIpc) is 3.26. The maximum Gasteiger partial charge on any atom is 0.136 e. The summed E-state index contributed by atoms with van der Waals surface area (Å²) in [5, 5.41) is 23.1. The number of nitrogens with one attached hydrogen (secondary N) is 3. The van der Waals surface area contributed by atoms with Crippen molar-refractivity contribution >= 4 is 11.5 Å². The molecule has 144 valence electrons. The monoisotopic (exact) mass is 367 g/mol. The van der Waals surface area contributed by atoms with Crippen LogP contribution < -0.4 is 5.49 Å². The highest BCUT2D eigenvalue weighted by atomic mass is 15.1. The molecule has 0 aromatic carbocycles. The zero-order chi connectivity index (χ0) is 20.0. The number of hydrogen-bond acceptors (Lipinski definition) is 5. The van der Waals surface area contributed by atoms with Crippen LogP contribution in [0.25, 0.3) is 0 Å². The Kier molecular flexibility index (Phi) is 6.98. The molecule has 0 saturated heterocycles. The molecule has 7 heteroatoms. The van der Waals surface area contributed by atoms with Crippen LogP contribution in [0.3, 0.4) is 0 Å². The van der Waals surface area contributed by atoms with Crippen LogP contribution in [0.2, 0.25) is 0 Å². The predicted molar refractivity (Wildman–Crippen MR) is 107 cm³/mol. The predicted octanol–water partition coefficient (Wildman–Crippen LogP) is 3.25. The third-order valence-electron chi connectivity index (χ3n) is 4.66. The summed E-state index contributed by atoms with van der Waals surface area (Å²) in [4.78, 5) is 8.42. The standard InChI is InChI=1S/C13H18N6.C7H11N/c1-3-4-11-12(7-18-6-5-16-8-18)17-9-19(10(2)14)13(11)15;1-3-6-4-7(6)5(2)8/h5-6,8-9,14-15H,3-4,7H2,1-2H3;3,6-8H,1,4H2,2H3. The number of hydrogen-bond donors (Lipinski definition) is 3. The molecule has 2 aromatic rings. The highest BCUT2D eigenvalue weighted by Gasteiger charge is 2.35. The van der Waals surface area contributed by atoms with E-state index in [1.807, 2.05) is 23.8 Å². The first-order valence-electron chi connectivity index (χ1n) is 9.21. The van der Waals surface area contributed by atoms with Gasteiger partial charge in [-0.15, -0.1) is 6.58 Å². The van der Waals surface area contributed by atoms with E-state index in [2.05, 4.69) is 23.5 Å². The lowest BCUT2D eigenvalue weighted by atomic mass is 10.1. The molecule has 2 atom stereocenters. The molecule has 2 unspecified atom stereocenters. The number of aromatic nitrogens is 4. The van der Waals surface area contributed by atoms with Crippen LogP contribution in [0.15, 0.2) is 37.7 Å². The fraction of sp³-hybridized carbons (Fsp3) is 0.450. The number of rotatable bonds is 6. The first-order valence-corrected chi connectivity index (χ1v) is 9.21. The van der Waals surface area contributed by atoms with Gasteiger partial charge in [-0.3, -0.25) is 15.4 Å². The summed E-state index contributed by atoms with van der Waals surface area (Å²) in [7, 11) is 0. The topological polar surface area (TPSA) is 107 Å². The van der Waals surface area contributed by atoms with Crippen LogP contribution in [0.1, 0.15) is 44.9 Å². The fourth-order valence-electron chi connectivity index (χ4n) is 2.97. The van der Waals surface area contributed by atoms with Crippen molar-refractivity contribution in [3.8, 4) is 0 Å². The molecule has 1 fully saturated rings. The van der Waals surface area contributed by atoms with Gasteiger partial charge in [-0.2, -0.15) is 0 Å². The van der Waals surface area contributed by atoms with Crippen molar-refractivity contribution in [2.24, 2.45) is 11.8 Å². The summed E-state index contributed by atoms with van der Waals surface area (Å²) in [6, 6.07) is 0. The molecule has 1 aliphatic rings. The van der Waals surface area contributed by atoms with Crippen LogP contribution in [0, 0.1) is 28.1 Å². The van der Waals surface area contributed by atoms with E-state index in [0.717, 1.165) is 29.8 Å². The van der Waals surface area contributed by atoms with Gasteiger partial charge >= 0.3 is 0 Å². The Morgan fingerprint density at radius 1 is 1.33 bits per heavy atom. The quantitative estimate of drug-likeness (QED) is 0.414. The molecule has 3 N–H and O–H groups in total. The van der Waals surface area contributed by atoms with Gasteiger partial charge < -0.3 is 9.98 Å². The van der Waals surface area contributed by atoms with E-state index < -0.39 is 0 Å². The van der Waals surface area contributed by atoms with Crippen LogP contribution in [0.5, 0.6) is 0 Å². The Morgan fingerprint density at radius 2 is 2.07 bits per heavy atom. The molecule has 27 heavy (non-hydrogen) atoms. The molecular formula is C20H29N7. The lowest BCUT2D eigenvalue weighted by Gasteiger charge is -2.12. The molecule has 7 nitrogen and oxygen atoms in total. The van der Waals surface area contributed by atoms with E-state index in [1.165, 1.54) is 11.0 Å². The van der Waals surface area contributed by atoms with Gasteiger partial charge in [0, 0.05) is 29.6 Å². The number of allylic oxidation sites excluding steroid dienone is 1. The van der Waals surface area contributed by atoms with E-state index >= 15 is 0 Å². The number of nitrogens with zero attached hydrogens (tertiary/aromatic N) is 4. The zero-order valence-corrected chi connectivity index (χ0v) is 16.4. The second kappa shape index (κ2) is 9.21. The Morgan fingerprint density at radius 3 is 2.52 bits per heavy atom. The van der Waals surface area contributed by atoms with Crippen LogP contribution >= 0.6 is 0 Å². The molecule has 3 rings (SSSR count). The van der Waals surface area contributed by atoms with Gasteiger partial charge in [0.2, 0.25) is 0 Å². The first-order chi connectivity index (χ1) is 12.9. The second-order valence-corrected chi connectivity index (χ2v) is 6.88. The molecule has 0 bridgehead atoms. The molecule has 1 aliphatic carbocycles. The Hall–Kier alpha value is -2.83. The summed E-state index contributed by atoms with van der Waals surface area (Å²) in [5.74, 6) is 1.49. The Labute approximate surface area is 160 Å². The summed E-state index contributed by atoms with van der Waals surface area (Å²) in [6.45, 7) is 9.87. The molecule has 1 saturated carbocycles. The largest absolute Gasteiger partial charge is 0.331 e. The van der Waals surface area contributed by atoms with Crippen LogP contribution in [-0.4, -0.2) is 30.6 Å². The minimum absolute atomic E-state index is 0.309. The van der Waals surface area contributed by atoms with Crippen molar-refractivity contribution in [3.63, 3.8) is 0 Å². The average molecular weight is 368 g/mol. The molecule has 0 radical (unpaired) electrons. The van der Waals surface area contributed by atoms with Crippen LogP contribution in [0.4, 0.5) is 0 Å². The van der Waals surface area contributed by atoms with Crippen molar-refractivity contribution in [2.75, 3.05) is 0 Å². The lowest BCUT2D eigenvalue weighted by molar-refractivity contribution is 0.719. The van der Waals surface area contributed by atoms with Crippen molar-refractivity contribution in [1.29, 1.82) is 16.2 Å². The van der Waals surface area contributed by atoms with Crippen molar-refractivity contribution in [1.82, 2.24) is 19.1 Å². The Bertz CT molecular complexity index is 861. The normalized spacial score (nSPS) is 17.6. The maximum atomic E-state index is 8.21. The van der Waals surface area contributed by atoms with Gasteiger partial charge in [-0.05, 0) is 32.6 Å². The van der Waals surface area contributed by atoms with Gasteiger partial charge in [-0.25, -0.2) is 9.97 Å². The van der Waals surface area contributed by atoms with Gasteiger partial charge in [0.05, 0.1) is 18.6 Å². The molecule has 0 aliphatic heterocycles. The minimum Gasteiger partial charge on any atom is -0.331 e. The summed E-state index contributed by atoms with van der Waals surface area (Å²) >= 11 is 0. The van der Waals surface area contributed by atoms with Gasteiger partial charge in [0.15, 0.2) is 0 Å². The van der Waals surface area contributed by atoms with E-state index in [4.69, 9.17) is 16.2 Å². The fourth-order valence-corrected chi connectivity index (χ4v) is 2.97. The summed E-state index contributed by atoms with van der Waals surface area (Å²) in [5.41, 5.74) is 2.96. The zero-order valence-electron chi connectivity index (χ0n) is 16.4. The minimum atomic E-state index is 0.309. The Balaban J connectivity index is 0.000000273. The maximum absolute atomic E-state index is 8.21. The second-order valence-electron chi connectivity index (χ2n) is 6.88. The number of imidazole rings is 1. The SMILES string of the molecule is C=CC1CC1C(C)=N.CCCc1c(Cn2ccnc2)ncn(C(C)=N)c1=N. The third kappa shape index (κ3) is 5.32. The van der Waals surface area contributed by atoms with E-state index in [1.54, 1.807) is 25.8 Å². The lowest BCUT2D eigenvalue weighted by Crippen LogP contribution is -2.30. The molecule has 0 amide bonds. The van der Waals surface area contributed by atoms with Gasteiger partial charge in [-0.1, -0.05) is 19.4 Å². The molecule has 2 aromatic heterocycles. The smallest absolute Gasteiger partial charge is 0.136 e. The van der Waals surface area contributed by atoms with E-state index in [9.17, 15) is 0 Å². The summed E-state index contributed by atoms with van der Waals surface area (Å²) < 4.78 is 3.44. The van der Waals surface area contributed by atoms with Crippen molar-refractivity contribution < 1.29 is 0 Å². The summed E-state index contributed by atoms with van der Waals surface area (Å²) in [6.07, 6.45) is 11.8. The molecular weight excluding hydrogens is 338 g/mol. The van der Waals surface area contributed by atoms with E-state index in [0.29, 0.717) is 29.7 Å². The van der Waals surface area contributed by atoms with Crippen molar-refractivity contribution in [3.05, 3.63) is 54.4 Å². The van der Waals surface area contributed by atoms with E-state index in [-0.39, 0.29) is 0 Å². The molecule has 2 heterocycles. The first kappa shape index (κ1) is 20.5. The van der Waals surface area contributed by atoms with Gasteiger partial charge in [0.25, 0.3) is 0 Å². The van der Waals surface area contributed by atoms with Crippen molar-refractivity contribution in [2.45, 2.75) is 46.6 Å². The van der Waals surface area contributed by atoms with Gasteiger partial charge in [0.1, 0.15) is 17.7 Å². The molecule has 0 spiro atoms. The highest BCUT2D eigenvalue weighted by molar-refractivity contribution is 5.84.